The Morgan fingerprint density at radius 2 is 1.88 bits per heavy atom. The van der Waals surface area contributed by atoms with E-state index in [1.165, 1.54) is 25.9 Å². The van der Waals surface area contributed by atoms with Crippen LogP contribution >= 0.6 is 11.6 Å². The summed E-state index contributed by atoms with van der Waals surface area (Å²) in [7, 11) is 2.35. The van der Waals surface area contributed by atoms with Gasteiger partial charge in [0.1, 0.15) is 29.6 Å². The number of ether oxygens (including phenoxy) is 1. The molecule has 26 heavy (non-hydrogen) atoms. The van der Waals surface area contributed by atoms with E-state index >= 15 is 0 Å². The number of rotatable bonds is 4. The van der Waals surface area contributed by atoms with Gasteiger partial charge in [-0.25, -0.2) is 0 Å². The minimum atomic E-state index is 0. The fraction of sp³-hybridized carbons (Fsp3) is 0.429. The van der Waals surface area contributed by atoms with E-state index in [4.69, 9.17) is 20.8 Å². The van der Waals surface area contributed by atoms with Crippen molar-refractivity contribution in [3.8, 4) is 5.75 Å². The SMILES string of the molecule is CCC[N+]1(C)CCCC(Oc2ccc3c(c2)oc2cc(Cl)ccc23)C1.[Br-]. The van der Waals surface area contributed by atoms with E-state index in [1.807, 2.05) is 24.3 Å². The molecule has 0 radical (unpaired) electrons. The van der Waals surface area contributed by atoms with Crippen molar-refractivity contribution in [1.82, 2.24) is 0 Å². The highest BCUT2D eigenvalue weighted by atomic mass is 79.9. The zero-order valence-electron chi connectivity index (χ0n) is 15.3. The van der Waals surface area contributed by atoms with Gasteiger partial charge in [0.15, 0.2) is 0 Å². The number of furan rings is 1. The van der Waals surface area contributed by atoms with E-state index in [-0.39, 0.29) is 23.1 Å². The number of piperidine rings is 1. The van der Waals surface area contributed by atoms with Crippen LogP contribution in [0.1, 0.15) is 26.2 Å². The molecule has 1 aliphatic heterocycles. The van der Waals surface area contributed by atoms with E-state index in [1.54, 1.807) is 0 Å². The van der Waals surface area contributed by atoms with Gasteiger partial charge in [0.2, 0.25) is 0 Å². The number of benzene rings is 2. The van der Waals surface area contributed by atoms with Crippen LogP contribution in [0.25, 0.3) is 21.9 Å². The first kappa shape index (κ1) is 19.5. The predicted molar refractivity (Wildman–Crippen MR) is 103 cm³/mol. The highest BCUT2D eigenvalue weighted by Gasteiger charge is 2.31. The van der Waals surface area contributed by atoms with Gasteiger partial charge in [-0.2, -0.15) is 0 Å². The zero-order chi connectivity index (χ0) is 17.4. The molecule has 0 N–H and O–H groups in total. The van der Waals surface area contributed by atoms with Crippen LogP contribution in [-0.4, -0.2) is 37.3 Å². The number of hydrogen-bond acceptors (Lipinski definition) is 2. The first-order valence-electron chi connectivity index (χ1n) is 9.18. The monoisotopic (exact) mass is 437 g/mol. The van der Waals surface area contributed by atoms with Crippen LogP contribution < -0.4 is 21.7 Å². The summed E-state index contributed by atoms with van der Waals surface area (Å²) < 4.78 is 13.4. The van der Waals surface area contributed by atoms with Gasteiger partial charge >= 0.3 is 0 Å². The summed E-state index contributed by atoms with van der Waals surface area (Å²) in [6.45, 7) is 5.83. The Labute approximate surface area is 170 Å². The van der Waals surface area contributed by atoms with E-state index in [2.05, 4.69) is 26.1 Å². The molecule has 5 heteroatoms. The molecular formula is C21H25BrClNO2. The third kappa shape index (κ3) is 3.88. The number of nitrogens with zero attached hydrogens (tertiary/aromatic N) is 1. The third-order valence-electron chi connectivity index (χ3n) is 5.34. The van der Waals surface area contributed by atoms with Gasteiger partial charge in [0, 0.05) is 34.3 Å². The first-order chi connectivity index (χ1) is 12.1. The fourth-order valence-corrected chi connectivity index (χ4v) is 4.37. The Morgan fingerprint density at radius 1 is 1.15 bits per heavy atom. The average molecular weight is 439 g/mol. The molecular weight excluding hydrogens is 414 g/mol. The largest absolute Gasteiger partial charge is 1.00 e. The second-order valence-corrected chi connectivity index (χ2v) is 7.97. The van der Waals surface area contributed by atoms with Crippen LogP contribution in [-0.2, 0) is 0 Å². The molecule has 0 saturated carbocycles. The second kappa shape index (κ2) is 7.79. The van der Waals surface area contributed by atoms with Crippen molar-refractivity contribution in [2.75, 3.05) is 26.7 Å². The maximum absolute atomic E-state index is 6.32. The molecule has 0 spiro atoms. The molecule has 1 aromatic heterocycles. The molecule has 2 heterocycles. The van der Waals surface area contributed by atoms with Crippen LogP contribution in [0.3, 0.4) is 0 Å². The van der Waals surface area contributed by atoms with Gasteiger partial charge in [-0.3, -0.25) is 0 Å². The Morgan fingerprint density at radius 3 is 2.65 bits per heavy atom. The Bertz CT molecular complexity index is 906. The molecule has 0 amide bonds. The Balaban J connectivity index is 0.00000196. The quantitative estimate of drug-likeness (QED) is 0.584. The molecule has 1 fully saturated rings. The summed E-state index contributed by atoms with van der Waals surface area (Å²) >= 11 is 6.07. The van der Waals surface area contributed by atoms with Crippen molar-refractivity contribution in [3.05, 3.63) is 41.4 Å². The standard InChI is InChI=1S/C21H25ClNO2.BrH/c1-3-10-23(2)11-4-5-17(14-23)24-16-7-9-19-18-8-6-15(22)12-20(18)25-21(19)13-16;/h6-9,12-13,17H,3-5,10-11,14H2,1-2H3;1H/q+1;/p-1. The van der Waals surface area contributed by atoms with Crippen molar-refractivity contribution in [1.29, 1.82) is 0 Å². The smallest absolute Gasteiger partial charge is 0.148 e. The summed E-state index contributed by atoms with van der Waals surface area (Å²) in [6.07, 6.45) is 3.86. The molecule has 1 aliphatic rings. The van der Waals surface area contributed by atoms with Gasteiger partial charge in [0.25, 0.3) is 0 Å². The summed E-state index contributed by atoms with van der Waals surface area (Å²) in [5, 5.41) is 2.89. The summed E-state index contributed by atoms with van der Waals surface area (Å²) in [6, 6.07) is 11.9. The minimum Gasteiger partial charge on any atom is -1.00 e. The highest BCUT2D eigenvalue weighted by Crippen LogP contribution is 2.33. The van der Waals surface area contributed by atoms with Crippen molar-refractivity contribution >= 4 is 33.5 Å². The predicted octanol–water partition coefficient (Wildman–Crippen LogP) is 2.64. The molecule has 2 unspecified atom stereocenters. The molecule has 140 valence electrons. The van der Waals surface area contributed by atoms with E-state index in [0.717, 1.165) is 45.1 Å². The van der Waals surface area contributed by atoms with Crippen LogP contribution in [0.2, 0.25) is 5.02 Å². The van der Waals surface area contributed by atoms with Gasteiger partial charge in [-0.05, 0) is 37.1 Å². The molecule has 2 atom stereocenters. The number of fused-ring (bicyclic) bond motifs is 3. The molecule has 3 aromatic rings. The summed E-state index contributed by atoms with van der Waals surface area (Å²) in [5.41, 5.74) is 1.68. The topological polar surface area (TPSA) is 22.4 Å². The molecule has 0 aliphatic carbocycles. The highest BCUT2D eigenvalue weighted by molar-refractivity contribution is 6.31. The first-order valence-corrected chi connectivity index (χ1v) is 9.56. The van der Waals surface area contributed by atoms with Gasteiger partial charge < -0.3 is 30.6 Å². The normalized spacial score (nSPS) is 23.1. The summed E-state index contributed by atoms with van der Waals surface area (Å²) in [4.78, 5) is 0. The Kier molecular flexibility index (Phi) is 5.85. The number of likely N-dealkylation sites (N-methyl/N-ethyl adjacent to an activating group) is 1. The zero-order valence-corrected chi connectivity index (χ0v) is 17.6. The number of hydrogen-bond donors (Lipinski definition) is 0. The van der Waals surface area contributed by atoms with Crippen LogP contribution in [0, 0.1) is 0 Å². The van der Waals surface area contributed by atoms with E-state index in [9.17, 15) is 0 Å². The van der Waals surface area contributed by atoms with Crippen molar-refractivity contribution in [3.63, 3.8) is 0 Å². The van der Waals surface area contributed by atoms with Crippen molar-refractivity contribution in [2.45, 2.75) is 32.3 Å². The fourth-order valence-electron chi connectivity index (χ4n) is 4.21. The maximum atomic E-state index is 6.32. The molecule has 4 rings (SSSR count). The van der Waals surface area contributed by atoms with Crippen LogP contribution in [0.4, 0.5) is 0 Å². The lowest BCUT2D eigenvalue weighted by Gasteiger charge is -2.41. The molecule has 1 saturated heterocycles. The maximum Gasteiger partial charge on any atom is 0.148 e. The second-order valence-electron chi connectivity index (χ2n) is 7.53. The van der Waals surface area contributed by atoms with E-state index < -0.39 is 0 Å². The van der Waals surface area contributed by atoms with Gasteiger partial charge in [0.05, 0.1) is 20.1 Å². The van der Waals surface area contributed by atoms with Crippen molar-refractivity contribution < 1.29 is 30.6 Å². The lowest BCUT2D eigenvalue weighted by Crippen LogP contribution is -3.00. The lowest BCUT2D eigenvalue weighted by atomic mass is 10.1. The number of quaternary nitrogens is 1. The Hall–Kier alpha value is -1.23. The van der Waals surface area contributed by atoms with Crippen molar-refractivity contribution in [2.24, 2.45) is 0 Å². The van der Waals surface area contributed by atoms with Gasteiger partial charge in [-0.15, -0.1) is 0 Å². The van der Waals surface area contributed by atoms with E-state index in [0.29, 0.717) is 5.02 Å². The van der Waals surface area contributed by atoms with Gasteiger partial charge in [-0.1, -0.05) is 18.5 Å². The molecule has 3 nitrogen and oxygen atoms in total. The lowest BCUT2D eigenvalue weighted by molar-refractivity contribution is -0.916. The minimum absolute atomic E-state index is 0. The average Bonchev–Trinajstić information content (AvgIpc) is 2.91. The number of likely N-dealkylation sites (tertiary alicyclic amines) is 1. The van der Waals surface area contributed by atoms with Crippen LogP contribution in [0.15, 0.2) is 40.8 Å². The number of halogens is 2. The third-order valence-corrected chi connectivity index (χ3v) is 5.58. The summed E-state index contributed by atoms with van der Waals surface area (Å²) in [5.74, 6) is 0.896. The molecule has 0 bridgehead atoms. The van der Waals surface area contributed by atoms with Crippen LogP contribution in [0.5, 0.6) is 5.75 Å². The molecule has 2 aromatic carbocycles.